The topological polar surface area (TPSA) is 55.2 Å². The van der Waals surface area contributed by atoms with Crippen molar-refractivity contribution in [2.24, 2.45) is 0 Å². The third kappa shape index (κ3) is 4.97. The summed E-state index contributed by atoms with van der Waals surface area (Å²) in [4.78, 5) is 32.3. The highest BCUT2D eigenvalue weighted by Crippen LogP contribution is 2.29. The number of benzene rings is 2. The van der Waals surface area contributed by atoms with Gasteiger partial charge in [-0.3, -0.25) is 19.1 Å². The van der Waals surface area contributed by atoms with Gasteiger partial charge in [0.1, 0.15) is 0 Å². The van der Waals surface area contributed by atoms with Gasteiger partial charge < -0.3 is 4.90 Å². The van der Waals surface area contributed by atoms with Crippen molar-refractivity contribution in [1.82, 2.24) is 14.5 Å². The number of pyridine rings is 2. The van der Waals surface area contributed by atoms with E-state index in [1.54, 1.807) is 10.6 Å². The van der Waals surface area contributed by atoms with Crippen molar-refractivity contribution >= 4 is 27.7 Å². The zero-order valence-corrected chi connectivity index (χ0v) is 22.8. The van der Waals surface area contributed by atoms with Crippen LogP contribution in [0.1, 0.15) is 65.2 Å². The molecule has 0 fully saturated rings. The molecule has 1 amide bonds. The van der Waals surface area contributed by atoms with Crippen molar-refractivity contribution in [3.8, 4) is 5.69 Å². The molecule has 188 valence electrons. The van der Waals surface area contributed by atoms with Crippen LogP contribution < -0.4 is 5.56 Å². The Morgan fingerprint density at radius 2 is 1.56 bits per heavy atom. The van der Waals surface area contributed by atoms with Crippen LogP contribution in [0.15, 0.2) is 70.7 Å². The number of nitrogens with zero attached hydrogens (tertiary/aromatic N) is 3. The summed E-state index contributed by atoms with van der Waals surface area (Å²) in [5.41, 5.74) is 7.58. The summed E-state index contributed by atoms with van der Waals surface area (Å²) in [6.07, 6.45) is 1.82. The maximum absolute atomic E-state index is 13.1. The van der Waals surface area contributed by atoms with Gasteiger partial charge in [0.25, 0.3) is 5.56 Å². The van der Waals surface area contributed by atoms with Crippen LogP contribution in [0.25, 0.3) is 27.5 Å². The van der Waals surface area contributed by atoms with E-state index in [0.29, 0.717) is 13.1 Å². The van der Waals surface area contributed by atoms with E-state index in [4.69, 9.17) is 0 Å². The van der Waals surface area contributed by atoms with Crippen LogP contribution in [0.5, 0.6) is 0 Å². The number of aromatic nitrogens is 2. The zero-order valence-electron chi connectivity index (χ0n) is 22.8. The molecular weight excluding hydrogens is 446 g/mol. The quantitative estimate of drug-likeness (QED) is 0.226. The highest BCUT2D eigenvalue weighted by atomic mass is 16.2. The third-order valence-electron chi connectivity index (χ3n) is 6.40. The molecule has 1 aliphatic rings. The lowest BCUT2D eigenvalue weighted by Gasteiger charge is -2.16. The third-order valence-corrected chi connectivity index (χ3v) is 6.40. The molecule has 0 aliphatic carbocycles. The summed E-state index contributed by atoms with van der Waals surface area (Å²) in [5, 5.41) is 1.87. The molecule has 2 aromatic heterocycles. The molecule has 2 aromatic carbocycles. The Balaban J connectivity index is 0.000000861. The van der Waals surface area contributed by atoms with Gasteiger partial charge in [0, 0.05) is 47.4 Å². The Morgan fingerprint density at radius 3 is 2.25 bits per heavy atom. The van der Waals surface area contributed by atoms with Crippen molar-refractivity contribution in [3.63, 3.8) is 0 Å². The van der Waals surface area contributed by atoms with Crippen LogP contribution in [0.2, 0.25) is 0 Å². The van der Waals surface area contributed by atoms with Gasteiger partial charge in [-0.2, -0.15) is 0 Å². The van der Waals surface area contributed by atoms with Crippen LogP contribution in [0.3, 0.4) is 0 Å². The summed E-state index contributed by atoms with van der Waals surface area (Å²) >= 11 is 0. The Bertz CT molecular complexity index is 1510. The first-order valence-electron chi connectivity index (χ1n) is 12.8. The van der Waals surface area contributed by atoms with E-state index >= 15 is 0 Å². The van der Waals surface area contributed by atoms with Crippen molar-refractivity contribution in [3.05, 3.63) is 92.9 Å². The second-order valence-electron chi connectivity index (χ2n) is 8.83. The van der Waals surface area contributed by atoms with Crippen LogP contribution in [-0.2, 0) is 17.9 Å². The molecule has 5 heteroatoms. The normalized spacial score (nSPS) is 11.8. The Morgan fingerprint density at radius 1 is 0.861 bits per heavy atom. The van der Waals surface area contributed by atoms with Crippen molar-refractivity contribution in [2.75, 3.05) is 0 Å². The van der Waals surface area contributed by atoms with Gasteiger partial charge in [0.15, 0.2) is 0 Å². The molecule has 0 bridgehead atoms. The summed E-state index contributed by atoms with van der Waals surface area (Å²) in [5.74, 6) is 0.0672. The molecule has 4 aromatic rings. The van der Waals surface area contributed by atoms with E-state index in [-0.39, 0.29) is 11.5 Å². The molecule has 5 nitrogen and oxygen atoms in total. The second kappa shape index (κ2) is 11.3. The fraction of sp³-hybridized carbons (Fsp3) is 0.323. The number of allylic oxidation sites excluding steroid dienone is 1. The predicted molar refractivity (Wildman–Crippen MR) is 151 cm³/mol. The fourth-order valence-corrected chi connectivity index (χ4v) is 4.40. The van der Waals surface area contributed by atoms with Gasteiger partial charge >= 0.3 is 0 Å². The number of fused-ring (bicyclic) bond motifs is 4. The number of amides is 1. The van der Waals surface area contributed by atoms with Gasteiger partial charge in [-0.15, -0.1) is 0 Å². The molecule has 0 saturated heterocycles. The number of carbonyl (C=O) groups excluding carboxylic acids is 1. The Hall–Kier alpha value is -3.73. The van der Waals surface area contributed by atoms with Gasteiger partial charge in [-0.1, -0.05) is 51.0 Å². The number of hydrogen-bond donors (Lipinski definition) is 0. The first-order valence-corrected chi connectivity index (χ1v) is 12.8. The number of aryl methyl sites for hydroxylation is 1. The summed E-state index contributed by atoms with van der Waals surface area (Å²) in [7, 11) is 0. The van der Waals surface area contributed by atoms with Crippen molar-refractivity contribution in [2.45, 2.75) is 68.5 Å². The van der Waals surface area contributed by atoms with Gasteiger partial charge in [-0.05, 0) is 69.2 Å². The molecule has 5 rings (SSSR count). The first kappa shape index (κ1) is 26.9. The van der Waals surface area contributed by atoms with Crippen LogP contribution in [0.4, 0.5) is 0 Å². The molecule has 0 unspecified atom stereocenters. The molecule has 0 N–H and O–H groups in total. The minimum Gasteiger partial charge on any atom is -0.330 e. The maximum Gasteiger partial charge on any atom is 0.255 e. The lowest BCUT2D eigenvalue weighted by molar-refractivity contribution is -0.127. The Kier molecular flexibility index (Phi) is 8.46. The molecule has 0 saturated carbocycles. The molecule has 36 heavy (non-hydrogen) atoms. The molecule has 3 heterocycles. The minimum absolute atomic E-state index is 0.0672. The second-order valence-corrected chi connectivity index (χ2v) is 8.83. The Labute approximate surface area is 214 Å². The average molecular weight is 484 g/mol. The van der Waals surface area contributed by atoms with E-state index in [2.05, 4.69) is 11.1 Å². The van der Waals surface area contributed by atoms with Crippen LogP contribution >= 0.6 is 0 Å². The van der Waals surface area contributed by atoms with E-state index in [0.717, 1.165) is 55.3 Å². The number of rotatable bonds is 2. The van der Waals surface area contributed by atoms with Gasteiger partial charge in [0.05, 0.1) is 11.0 Å². The number of hydrogen-bond acceptors (Lipinski definition) is 3. The average Bonchev–Trinajstić information content (AvgIpc) is 3.33. The summed E-state index contributed by atoms with van der Waals surface area (Å²) < 4.78 is 1.77. The summed E-state index contributed by atoms with van der Waals surface area (Å²) in [6, 6.07) is 15.6. The summed E-state index contributed by atoms with van der Waals surface area (Å²) in [6.45, 7) is 17.0. The zero-order chi connectivity index (χ0) is 26.6. The first-order chi connectivity index (χ1) is 17.3. The lowest BCUT2D eigenvalue weighted by atomic mass is 10.1. The SMILES string of the molecule is CC.CC.CC(C)=C(C)C(=O)N1Cc2ccc(-n3c(=O)ccc4cnc5ccc(C)cc5c43)cc2C1. The van der Waals surface area contributed by atoms with E-state index in [1.807, 2.05) is 103 Å². The smallest absolute Gasteiger partial charge is 0.255 e. The van der Waals surface area contributed by atoms with Crippen molar-refractivity contribution < 1.29 is 4.79 Å². The monoisotopic (exact) mass is 483 g/mol. The number of carbonyl (C=O) groups is 1. The van der Waals surface area contributed by atoms with E-state index in [1.165, 1.54) is 0 Å². The van der Waals surface area contributed by atoms with Crippen molar-refractivity contribution in [1.29, 1.82) is 0 Å². The van der Waals surface area contributed by atoms with Crippen LogP contribution in [-0.4, -0.2) is 20.4 Å². The van der Waals surface area contributed by atoms with E-state index < -0.39 is 0 Å². The molecule has 1 aliphatic heterocycles. The van der Waals surface area contributed by atoms with Gasteiger partial charge in [-0.25, -0.2) is 0 Å². The molecule has 0 radical (unpaired) electrons. The van der Waals surface area contributed by atoms with Gasteiger partial charge in [0.2, 0.25) is 5.91 Å². The largest absolute Gasteiger partial charge is 0.330 e. The lowest BCUT2D eigenvalue weighted by Crippen LogP contribution is -2.26. The molecule has 0 atom stereocenters. The molecular formula is C31H37N3O2. The highest BCUT2D eigenvalue weighted by molar-refractivity contribution is 6.04. The highest BCUT2D eigenvalue weighted by Gasteiger charge is 2.25. The fourth-order valence-electron chi connectivity index (χ4n) is 4.40. The standard InChI is InChI=1S/C27H25N3O2.2C2H6/c1-16(2)18(4)27(32)29-14-20-6-8-22(12-21(20)15-29)30-25(31)10-7-19-13-28-24-9-5-17(3)11-23(24)26(19)30;2*1-2/h5-13H,14-15H2,1-4H3;2*1-2H3. The molecule has 0 spiro atoms. The van der Waals surface area contributed by atoms with Crippen LogP contribution in [0, 0.1) is 6.92 Å². The minimum atomic E-state index is -0.0854. The van der Waals surface area contributed by atoms with E-state index in [9.17, 15) is 9.59 Å². The maximum atomic E-state index is 13.1. The predicted octanol–water partition coefficient (Wildman–Crippen LogP) is 7.10.